The lowest BCUT2D eigenvalue weighted by atomic mass is 10.2. The first kappa shape index (κ1) is 24.9. The number of rotatable bonds is 9. The predicted molar refractivity (Wildman–Crippen MR) is 126 cm³/mol. The number of morpholine rings is 1. The van der Waals surface area contributed by atoms with Crippen molar-refractivity contribution in [3.8, 4) is 0 Å². The van der Waals surface area contributed by atoms with Gasteiger partial charge in [-0.15, -0.1) is 24.0 Å². The number of pyridine rings is 1. The van der Waals surface area contributed by atoms with E-state index in [0.717, 1.165) is 64.7 Å². The van der Waals surface area contributed by atoms with Gasteiger partial charge >= 0.3 is 0 Å². The smallest absolute Gasteiger partial charge is 0.250 e. The van der Waals surface area contributed by atoms with Gasteiger partial charge in [0.15, 0.2) is 5.96 Å². The van der Waals surface area contributed by atoms with Gasteiger partial charge in [-0.05, 0) is 24.8 Å². The van der Waals surface area contributed by atoms with Crippen LogP contribution in [0.2, 0.25) is 0 Å². The number of halogens is 1. The average Bonchev–Trinajstić information content (AvgIpc) is 2.65. The molecule has 0 amide bonds. The number of aryl methyl sites for hydroxylation is 1. The normalized spacial score (nSPS) is 18.0. The van der Waals surface area contributed by atoms with Crippen LogP contribution in [0.4, 0.5) is 0 Å². The summed E-state index contributed by atoms with van der Waals surface area (Å²) in [6.07, 6.45) is 3.96. The van der Waals surface area contributed by atoms with E-state index < -0.39 is 0 Å². The van der Waals surface area contributed by atoms with Gasteiger partial charge in [-0.2, -0.15) is 0 Å². The minimum atomic E-state index is 0. The molecular weight excluding hydrogens is 469 g/mol. The van der Waals surface area contributed by atoms with Gasteiger partial charge in [0.2, 0.25) is 5.56 Å². The van der Waals surface area contributed by atoms with Crippen molar-refractivity contribution < 1.29 is 4.74 Å². The fourth-order valence-electron chi connectivity index (χ4n) is 3.28. The standard InChI is InChI=1S/C20H35N5O2.HI/c1-17(2)15-24-12-13-27-18(16-24)14-23-20(21-3)22-9-5-7-11-25-10-6-4-8-19(25)26;/h4,6,8,10,17-18H,5,7,9,11-16H2,1-3H3,(H2,21,22,23);1H. The summed E-state index contributed by atoms with van der Waals surface area (Å²) in [6.45, 7) is 10.7. The molecule has 1 atom stereocenters. The molecule has 1 aliphatic heterocycles. The zero-order chi connectivity index (χ0) is 19.5. The van der Waals surface area contributed by atoms with Crippen LogP contribution in [0.5, 0.6) is 0 Å². The first-order chi connectivity index (χ1) is 13.1. The van der Waals surface area contributed by atoms with Crippen molar-refractivity contribution in [1.29, 1.82) is 0 Å². The number of aliphatic imine (C=N–C) groups is 1. The van der Waals surface area contributed by atoms with E-state index in [9.17, 15) is 4.79 Å². The van der Waals surface area contributed by atoms with Crippen LogP contribution in [0.3, 0.4) is 0 Å². The summed E-state index contributed by atoms with van der Waals surface area (Å²) in [7, 11) is 1.78. The topological polar surface area (TPSA) is 70.9 Å². The minimum absolute atomic E-state index is 0. The number of ether oxygens (including phenoxy) is 1. The molecule has 0 spiro atoms. The van der Waals surface area contributed by atoms with Crippen molar-refractivity contribution in [1.82, 2.24) is 20.1 Å². The lowest BCUT2D eigenvalue weighted by molar-refractivity contribution is -0.0284. The highest BCUT2D eigenvalue weighted by atomic mass is 127. The maximum atomic E-state index is 11.7. The van der Waals surface area contributed by atoms with Crippen LogP contribution in [0.1, 0.15) is 26.7 Å². The maximum absolute atomic E-state index is 11.7. The van der Waals surface area contributed by atoms with E-state index in [0.29, 0.717) is 5.92 Å². The third-order valence-corrected chi connectivity index (χ3v) is 4.58. The second-order valence-electron chi connectivity index (χ2n) is 7.47. The summed E-state index contributed by atoms with van der Waals surface area (Å²) in [5, 5.41) is 6.70. The molecule has 0 saturated carbocycles. The molecule has 0 bridgehead atoms. The van der Waals surface area contributed by atoms with E-state index in [1.807, 2.05) is 12.3 Å². The minimum Gasteiger partial charge on any atom is -0.374 e. The van der Waals surface area contributed by atoms with Crippen molar-refractivity contribution in [3.63, 3.8) is 0 Å². The lowest BCUT2D eigenvalue weighted by Gasteiger charge is -2.34. The van der Waals surface area contributed by atoms with Crippen LogP contribution in [0.25, 0.3) is 0 Å². The van der Waals surface area contributed by atoms with E-state index in [2.05, 4.69) is 34.4 Å². The van der Waals surface area contributed by atoms with E-state index in [4.69, 9.17) is 4.74 Å². The molecular formula is C20H36IN5O2. The molecule has 0 aliphatic carbocycles. The first-order valence-electron chi connectivity index (χ1n) is 10.0. The Morgan fingerprint density at radius 2 is 2.14 bits per heavy atom. The number of hydrogen-bond acceptors (Lipinski definition) is 4. The highest BCUT2D eigenvalue weighted by Gasteiger charge is 2.20. The molecule has 160 valence electrons. The van der Waals surface area contributed by atoms with Gasteiger partial charge in [-0.25, -0.2) is 0 Å². The Bertz CT molecular complexity index is 635. The number of unbranched alkanes of at least 4 members (excludes halogenated alkanes) is 1. The second kappa shape index (κ2) is 13.9. The van der Waals surface area contributed by atoms with Crippen LogP contribution >= 0.6 is 24.0 Å². The summed E-state index contributed by atoms with van der Waals surface area (Å²) in [6, 6.07) is 5.26. The van der Waals surface area contributed by atoms with Crippen molar-refractivity contribution in [2.24, 2.45) is 10.9 Å². The number of hydrogen-bond donors (Lipinski definition) is 2. The SMILES string of the molecule is CN=C(NCCCCn1ccccc1=O)NCC1CN(CC(C)C)CCO1.I. The number of nitrogens with one attached hydrogen (secondary N) is 2. The van der Waals surface area contributed by atoms with Crippen LogP contribution in [-0.2, 0) is 11.3 Å². The van der Waals surface area contributed by atoms with Gasteiger partial charge < -0.3 is 19.9 Å². The van der Waals surface area contributed by atoms with Crippen molar-refractivity contribution >= 4 is 29.9 Å². The highest BCUT2D eigenvalue weighted by molar-refractivity contribution is 14.0. The average molecular weight is 505 g/mol. The third-order valence-electron chi connectivity index (χ3n) is 4.58. The van der Waals surface area contributed by atoms with E-state index in [1.54, 1.807) is 23.7 Å². The molecule has 1 aromatic heterocycles. The molecule has 28 heavy (non-hydrogen) atoms. The molecule has 1 unspecified atom stereocenters. The largest absolute Gasteiger partial charge is 0.374 e. The van der Waals surface area contributed by atoms with E-state index >= 15 is 0 Å². The molecule has 0 aromatic carbocycles. The van der Waals surface area contributed by atoms with E-state index in [1.165, 1.54) is 0 Å². The van der Waals surface area contributed by atoms with Gasteiger partial charge in [0.1, 0.15) is 0 Å². The van der Waals surface area contributed by atoms with Crippen LogP contribution in [0.15, 0.2) is 34.2 Å². The molecule has 8 heteroatoms. The summed E-state index contributed by atoms with van der Waals surface area (Å²) in [5.74, 6) is 1.48. The second-order valence-corrected chi connectivity index (χ2v) is 7.47. The van der Waals surface area contributed by atoms with Gasteiger partial charge in [-0.1, -0.05) is 19.9 Å². The molecule has 2 heterocycles. The number of guanidine groups is 1. The van der Waals surface area contributed by atoms with Gasteiger partial charge in [-0.3, -0.25) is 14.7 Å². The molecule has 1 saturated heterocycles. The van der Waals surface area contributed by atoms with Crippen molar-refractivity contribution in [2.75, 3.05) is 46.4 Å². The van der Waals surface area contributed by atoms with Gasteiger partial charge in [0.25, 0.3) is 0 Å². The van der Waals surface area contributed by atoms with Gasteiger partial charge in [0, 0.05) is 58.6 Å². The highest BCUT2D eigenvalue weighted by Crippen LogP contribution is 2.07. The Hall–Kier alpha value is -1.13. The van der Waals surface area contributed by atoms with Crippen LogP contribution in [0, 0.1) is 5.92 Å². The van der Waals surface area contributed by atoms with Crippen molar-refractivity contribution in [3.05, 3.63) is 34.7 Å². The summed E-state index contributed by atoms with van der Waals surface area (Å²) in [5.41, 5.74) is 0.0573. The van der Waals surface area contributed by atoms with Gasteiger partial charge in [0.05, 0.1) is 12.7 Å². The van der Waals surface area contributed by atoms with Crippen LogP contribution in [-0.4, -0.2) is 67.9 Å². The predicted octanol–water partition coefficient (Wildman–Crippen LogP) is 1.77. The molecule has 7 nitrogen and oxygen atoms in total. The Kier molecular flexibility index (Phi) is 12.4. The number of nitrogens with zero attached hydrogens (tertiary/aromatic N) is 3. The van der Waals surface area contributed by atoms with Crippen molar-refractivity contribution in [2.45, 2.75) is 39.3 Å². The zero-order valence-corrected chi connectivity index (χ0v) is 19.7. The maximum Gasteiger partial charge on any atom is 0.250 e. The Morgan fingerprint density at radius 3 is 2.86 bits per heavy atom. The van der Waals surface area contributed by atoms with E-state index in [-0.39, 0.29) is 35.6 Å². The Balaban J connectivity index is 0.00000392. The lowest BCUT2D eigenvalue weighted by Crippen LogP contribution is -2.50. The number of aromatic nitrogens is 1. The monoisotopic (exact) mass is 505 g/mol. The Morgan fingerprint density at radius 1 is 1.32 bits per heavy atom. The fraction of sp³-hybridized carbons (Fsp3) is 0.700. The molecule has 0 radical (unpaired) electrons. The zero-order valence-electron chi connectivity index (χ0n) is 17.4. The molecule has 2 rings (SSSR count). The fourth-order valence-corrected chi connectivity index (χ4v) is 3.28. The molecule has 2 N–H and O–H groups in total. The Labute approximate surface area is 186 Å². The summed E-state index contributed by atoms with van der Waals surface area (Å²) in [4.78, 5) is 18.4. The van der Waals surface area contributed by atoms with Crippen LogP contribution < -0.4 is 16.2 Å². The molecule has 1 fully saturated rings. The quantitative estimate of drug-likeness (QED) is 0.232. The molecule has 1 aliphatic rings. The first-order valence-corrected chi connectivity index (χ1v) is 10.0. The summed E-state index contributed by atoms with van der Waals surface area (Å²) >= 11 is 0. The summed E-state index contributed by atoms with van der Waals surface area (Å²) < 4.78 is 7.62. The third kappa shape index (κ3) is 9.38. The molecule has 1 aromatic rings.